The van der Waals surface area contributed by atoms with E-state index < -0.39 is 0 Å². The van der Waals surface area contributed by atoms with Crippen molar-refractivity contribution in [2.24, 2.45) is 0 Å². The average Bonchev–Trinajstić information content (AvgIpc) is 2.41. The summed E-state index contributed by atoms with van der Waals surface area (Å²) in [5.41, 5.74) is 3.09. The maximum absolute atomic E-state index is 11.7. The van der Waals surface area contributed by atoms with E-state index in [1.165, 1.54) is 10.1 Å². The van der Waals surface area contributed by atoms with E-state index in [-0.39, 0.29) is 12.2 Å². The van der Waals surface area contributed by atoms with Gasteiger partial charge in [-0.3, -0.25) is 4.79 Å². The lowest BCUT2D eigenvalue weighted by molar-refractivity contribution is 0.274. The van der Waals surface area contributed by atoms with Crippen molar-refractivity contribution in [1.82, 2.24) is 4.57 Å². The largest absolute Gasteiger partial charge is 0.395 e. The van der Waals surface area contributed by atoms with Gasteiger partial charge in [0.15, 0.2) is 0 Å². The fourth-order valence-corrected chi connectivity index (χ4v) is 1.79. The third kappa shape index (κ3) is 3.66. The lowest BCUT2D eigenvalue weighted by Crippen LogP contribution is -2.20. The van der Waals surface area contributed by atoms with Crippen molar-refractivity contribution < 1.29 is 5.11 Å². The molecule has 98 valence electrons. The van der Waals surface area contributed by atoms with E-state index in [0.717, 1.165) is 11.1 Å². The molecule has 0 unspecified atom stereocenters. The topological polar surface area (TPSA) is 42.2 Å². The molecule has 2 aromatic rings. The quantitative estimate of drug-likeness (QED) is 0.911. The number of aliphatic hydroxyl groups is 1. The van der Waals surface area contributed by atoms with Gasteiger partial charge in [-0.25, -0.2) is 0 Å². The first-order valence-corrected chi connectivity index (χ1v) is 6.25. The van der Waals surface area contributed by atoms with Gasteiger partial charge in [0.2, 0.25) is 0 Å². The third-order valence-corrected chi connectivity index (χ3v) is 2.91. The van der Waals surface area contributed by atoms with Crippen LogP contribution in [0.15, 0.2) is 47.4 Å². The van der Waals surface area contributed by atoms with Crippen LogP contribution in [-0.2, 0) is 6.54 Å². The fraction of sp³-hybridized carbons (Fsp3) is 0.188. The van der Waals surface area contributed by atoms with Crippen LogP contribution in [0, 0.1) is 6.92 Å². The van der Waals surface area contributed by atoms with E-state index in [4.69, 9.17) is 5.11 Å². The fourth-order valence-electron chi connectivity index (χ4n) is 1.79. The van der Waals surface area contributed by atoms with Crippen LogP contribution in [0.2, 0.25) is 0 Å². The van der Waals surface area contributed by atoms with Gasteiger partial charge in [0, 0.05) is 18.8 Å². The minimum Gasteiger partial charge on any atom is -0.395 e. The molecule has 2 rings (SSSR count). The monoisotopic (exact) mass is 255 g/mol. The SMILES string of the molecule is Cc1ccc(/C=C/c2ccn(CCO)c(=O)c2)cc1. The van der Waals surface area contributed by atoms with Gasteiger partial charge >= 0.3 is 0 Å². The average molecular weight is 255 g/mol. The van der Waals surface area contributed by atoms with Crippen LogP contribution in [0.25, 0.3) is 12.2 Å². The van der Waals surface area contributed by atoms with Gasteiger partial charge in [-0.2, -0.15) is 0 Å². The minimum atomic E-state index is -0.0971. The van der Waals surface area contributed by atoms with Crippen LogP contribution in [0.5, 0.6) is 0 Å². The molecule has 0 saturated heterocycles. The number of aromatic nitrogens is 1. The van der Waals surface area contributed by atoms with Crippen molar-refractivity contribution >= 4 is 12.2 Å². The molecule has 0 radical (unpaired) electrons. The van der Waals surface area contributed by atoms with Crippen LogP contribution in [0.4, 0.5) is 0 Å². The van der Waals surface area contributed by atoms with Crippen molar-refractivity contribution in [2.45, 2.75) is 13.5 Å². The Hall–Kier alpha value is -2.13. The molecular weight excluding hydrogens is 238 g/mol. The molecule has 0 bridgehead atoms. The molecule has 0 fully saturated rings. The molecule has 0 amide bonds. The normalized spacial score (nSPS) is 11.1. The molecule has 0 aliphatic carbocycles. The highest BCUT2D eigenvalue weighted by Gasteiger charge is 1.95. The van der Waals surface area contributed by atoms with E-state index in [1.807, 2.05) is 37.3 Å². The summed E-state index contributed by atoms with van der Waals surface area (Å²) in [7, 11) is 0. The van der Waals surface area contributed by atoms with Gasteiger partial charge in [-0.05, 0) is 24.1 Å². The van der Waals surface area contributed by atoms with Crippen molar-refractivity contribution in [1.29, 1.82) is 0 Å². The molecular formula is C16H17NO2. The lowest BCUT2D eigenvalue weighted by Gasteiger charge is -2.02. The maximum Gasteiger partial charge on any atom is 0.251 e. The van der Waals surface area contributed by atoms with Gasteiger partial charge < -0.3 is 9.67 Å². The molecule has 0 aliphatic rings. The first-order valence-electron chi connectivity index (χ1n) is 6.25. The van der Waals surface area contributed by atoms with Crippen LogP contribution >= 0.6 is 0 Å². The molecule has 1 N–H and O–H groups in total. The Labute approximate surface area is 112 Å². The summed E-state index contributed by atoms with van der Waals surface area (Å²) in [6.45, 7) is 2.35. The van der Waals surface area contributed by atoms with Gasteiger partial charge in [0.05, 0.1) is 6.61 Å². The van der Waals surface area contributed by atoms with E-state index >= 15 is 0 Å². The number of aryl methyl sites for hydroxylation is 1. The first kappa shape index (κ1) is 13.3. The number of hydrogen-bond donors (Lipinski definition) is 1. The Morgan fingerprint density at radius 3 is 2.42 bits per heavy atom. The number of benzene rings is 1. The summed E-state index contributed by atoms with van der Waals surface area (Å²) >= 11 is 0. The molecule has 19 heavy (non-hydrogen) atoms. The smallest absolute Gasteiger partial charge is 0.251 e. The Morgan fingerprint density at radius 2 is 1.79 bits per heavy atom. The number of aliphatic hydroxyl groups excluding tert-OH is 1. The van der Waals surface area contributed by atoms with Gasteiger partial charge in [0.25, 0.3) is 5.56 Å². The van der Waals surface area contributed by atoms with Crippen molar-refractivity contribution in [3.05, 3.63) is 69.6 Å². The maximum atomic E-state index is 11.7. The highest BCUT2D eigenvalue weighted by Crippen LogP contribution is 2.08. The Kier molecular flexibility index (Phi) is 4.31. The molecule has 1 aromatic carbocycles. The second-order valence-electron chi connectivity index (χ2n) is 4.46. The Balaban J connectivity index is 2.17. The van der Waals surface area contributed by atoms with Crippen molar-refractivity contribution in [3.63, 3.8) is 0 Å². The van der Waals surface area contributed by atoms with Gasteiger partial charge in [-0.15, -0.1) is 0 Å². The third-order valence-electron chi connectivity index (χ3n) is 2.91. The van der Waals surface area contributed by atoms with Crippen LogP contribution in [0.3, 0.4) is 0 Å². The predicted molar refractivity (Wildman–Crippen MR) is 77.9 cm³/mol. The molecule has 0 aliphatic heterocycles. The molecule has 0 spiro atoms. The number of hydrogen-bond acceptors (Lipinski definition) is 2. The second kappa shape index (κ2) is 6.16. The molecule has 3 nitrogen and oxygen atoms in total. The van der Waals surface area contributed by atoms with Crippen LogP contribution in [-0.4, -0.2) is 16.3 Å². The van der Waals surface area contributed by atoms with Crippen molar-refractivity contribution in [3.8, 4) is 0 Å². The van der Waals surface area contributed by atoms with Gasteiger partial charge in [-0.1, -0.05) is 42.0 Å². The minimum absolute atomic E-state index is 0.0293. The Morgan fingerprint density at radius 1 is 1.11 bits per heavy atom. The zero-order valence-corrected chi connectivity index (χ0v) is 10.9. The summed E-state index contributed by atoms with van der Waals surface area (Å²) in [6, 6.07) is 11.6. The summed E-state index contributed by atoms with van der Waals surface area (Å²) in [6.07, 6.45) is 5.59. The predicted octanol–water partition coefficient (Wildman–Crippen LogP) is 2.32. The molecule has 0 saturated carbocycles. The van der Waals surface area contributed by atoms with Crippen LogP contribution < -0.4 is 5.56 Å². The highest BCUT2D eigenvalue weighted by molar-refractivity contribution is 5.69. The molecule has 3 heteroatoms. The number of rotatable bonds is 4. The summed E-state index contributed by atoms with van der Waals surface area (Å²) in [4.78, 5) is 11.7. The van der Waals surface area contributed by atoms with Crippen molar-refractivity contribution in [2.75, 3.05) is 6.61 Å². The number of pyridine rings is 1. The standard InChI is InChI=1S/C16H17NO2/c1-13-2-4-14(5-3-13)6-7-15-8-9-17(10-11-18)16(19)12-15/h2-9,12,18H,10-11H2,1H3/b7-6+. The molecule has 1 heterocycles. The summed E-state index contributed by atoms with van der Waals surface area (Å²) < 4.78 is 1.49. The second-order valence-corrected chi connectivity index (χ2v) is 4.46. The molecule has 0 atom stereocenters. The zero-order chi connectivity index (χ0) is 13.7. The van der Waals surface area contributed by atoms with Crippen LogP contribution in [0.1, 0.15) is 16.7 Å². The van der Waals surface area contributed by atoms with E-state index in [2.05, 4.69) is 12.1 Å². The highest BCUT2D eigenvalue weighted by atomic mass is 16.3. The summed E-state index contributed by atoms with van der Waals surface area (Å²) in [5.74, 6) is 0. The zero-order valence-electron chi connectivity index (χ0n) is 10.9. The summed E-state index contributed by atoms with van der Waals surface area (Å²) in [5, 5.41) is 8.81. The first-order chi connectivity index (χ1) is 9.19. The molecule has 1 aromatic heterocycles. The van der Waals surface area contributed by atoms with E-state index in [1.54, 1.807) is 12.3 Å². The van der Waals surface area contributed by atoms with E-state index in [0.29, 0.717) is 6.54 Å². The number of nitrogens with zero attached hydrogens (tertiary/aromatic N) is 1. The van der Waals surface area contributed by atoms with Gasteiger partial charge in [0.1, 0.15) is 0 Å². The van der Waals surface area contributed by atoms with E-state index in [9.17, 15) is 4.79 Å². The lowest BCUT2D eigenvalue weighted by atomic mass is 10.1. The Bertz CT molecular complexity index is 624.